The Hall–Kier alpha value is -3.39. The van der Waals surface area contributed by atoms with Gasteiger partial charge in [-0.05, 0) is 48.6 Å². The average Bonchev–Trinajstić information content (AvgIpc) is 2.70. The second kappa shape index (κ2) is 9.41. The van der Waals surface area contributed by atoms with Crippen molar-refractivity contribution in [3.05, 3.63) is 90.0 Å². The van der Waals surface area contributed by atoms with Gasteiger partial charge in [0.1, 0.15) is 11.6 Å². The van der Waals surface area contributed by atoms with Crippen molar-refractivity contribution < 1.29 is 27.6 Å². The van der Waals surface area contributed by atoms with Gasteiger partial charge in [-0.25, -0.2) is 4.39 Å². The van der Waals surface area contributed by atoms with Crippen LogP contribution in [0.3, 0.4) is 0 Å². The third kappa shape index (κ3) is 5.15. The van der Waals surface area contributed by atoms with Gasteiger partial charge in [0.25, 0.3) is 0 Å². The molecule has 0 saturated carbocycles. The molecule has 3 rings (SSSR count). The molecule has 0 fully saturated rings. The predicted octanol–water partition coefficient (Wildman–Crippen LogP) is 4.15. The number of thiocarbonyl (C=S) groups is 1. The summed E-state index contributed by atoms with van der Waals surface area (Å²) < 4.78 is 44.6. The molecule has 3 aromatic rings. The maximum atomic E-state index is 14.1. The molecule has 0 aliphatic heterocycles. The summed E-state index contributed by atoms with van der Waals surface area (Å²) in [5, 5.41) is 16.0. The molecule has 8 heteroatoms. The lowest BCUT2D eigenvalue weighted by Crippen LogP contribution is -2.40. The van der Waals surface area contributed by atoms with Gasteiger partial charge in [-0.3, -0.25) is 0 Å². The number of ether oxygens (including phenoxy) is 1. The molecule has 4 nitrogen and oxygen atoms in total. The highest BCUT2D eigenvalue weighted by Crippen LogP contribution is 2.22. The fourth-order valence-electron chi connectivity index (χ4n) is 2.74. The number of nitrogens with zero attached hydrogens (tertiary/aromatic N) is 1. The van der Waals surface area contributed by atoms with E-state index in [2.05, 4.69) is 10.1 Å². The van der Waals surface area contributed by atoms with E-state index >= 15 is 0 Å². The normalized spacial score (nSPS) is 11.8. The summed E-state index contributed by atoms with van der Waals surface area (Å²) in [6.45, 7) is -1.11. The summed E-state index contributed by atoms with van der Waals surface area (Å²) >= 11 is 5.42. The van der Waals surface area contributed by atoms with Crippen LogP contribution in [0.5, 0.6) is 5.75 Å². The van der Waals surface area contributed by atoms with Gasteiger partial charge in [0.15, 0.2) is 17.4 Å². The first kappa shape index (κ1) is 21.3. The van der Waals surface area contributed by atoms with E-state index in [9.17, 15) is 18.3 Å². The Labute approximate surface area is 176 Å². The van der Waals surface area contributed by atoms with Gasteiger partial charge in [-0.2, -0.15) is 13.3 Å². The van der Waals surface area contributed by atoms with Gasteiger partial charge in [0.2, 0.25) is 5.70 Å². The first-order chi connectivity index (χ1) is 14.3. The smallest absolute Gasteiger partial charge is 0.387 e. The number of pyridine rings is 1. The Morgan fingerprint density at radius 3 is 2.40 bits per heavy atom. The van der Waals surface area contributed by atoms with Crippen LogP contribution in [0.25, 0.3) is 11.5 Å². The number of hydrogen-bond acceptors (Lipinski definition) is 3. The Balaban J connectivity index is 2.04. The standard InChI is InChI=1S/C22H17F3N2O2S/c1-14-5-4-12-27(13-14)19(21(30)26-18-7-3-2-6-17(18)23)20(28)15-8-10-16(11-9-15)29-22(24)25/h2-13,22H,1H3,(H-,26,28,30). The van der Waals surface area contributed by atoms with Gasteiger partial charge < -0.3 is 15.2 Å². The van der Waals surface area contributed by atoms with E-state index in [0.717, 1.165) is 5.56 Å². The number of para-hydroxylation sites is 1. The number of aromatic nitrogens is 1. The van der Waals surface area contributed by atoms with E-state index in [0.29, 0.717) is 0 Å². The first-order valence-corrected chi connectivity index (χ1v) is 9.26. The lowest BCUT2D eigenvalue weighted by Gasteiger charge is -2.17. The number of alkyl halides is 2. The minimum absolute atomic E-state index is 0.00797. The van der Waals surface area contributed by atoms with Crippen LogP contribution < -0.4 is 19.7 Å². The Morgan fingerprint density at radius 1 is 1.07 bits per heavy atom. The molecule has 0 radical (unpaired) electrons. The van der Waals surface area contributed by atoms with Crippen LogP contribution >= 0.6 is 12.2 Å². The molecule has 0 unspecified atom stereocenters. The zero-order valence-electron chi connectivity index (χ0n) is 15.8. The second-order valence-electron chi connectivity index (χ2n) is 6.30. The topological polar surface area (TPSA) is 48.2 Å². The molecule has 0 spiro atoms. The molecular formula is C22H17F3N2O2S. The number of rotatable bonds is 6. The van der Waals surface area contributed by atoms with Crippen molar-refractivity contribution in [2.75, 3.05) is 5.32 Å². The molecule has 154 valence electrons. The number of aryl methyl sites for hydroxylation is 1. The molecule has 1 aromatic heterocycles. The van der Waals surface area contributed by atoms with Crippen molar-refractivity contribution in [3.63, 3.8) is 0 Å². The first-order valence-electron chi connectivity index (χ1n) is 8.86. The highest BCUT2D eigenvalue weighted by atomic mass is 32.1. The van der Waals surface area contributed by atoms with Gasteiger partial charge in [-0.1, -0.05) is 36.5 Å². The van der Waals surface area contributed by atoms with Gasteiger partial charge in [0, 0.05) is 11.6 Å². The molecule has 0 bridgehead atoms. The van der Waals surface area contributed by atoms with Gasteiger partial charge >= 0.3 is 6.61 Å². The van der Waals surface area contributed by atoms with Gasteiger partial charge in [0.05, 0.1) is 5.69 Å². The Bertz CT molecular complexity index is 1090. The van der Waals surface area contributed by atoms with Crippen LogP contribution in [0.1, 0.15) is 11.1 Å². The molecule has 2 aromatic carbocycles. The van der Waals surface area contributed by atoms with Crippen molar-refractivity contribution in [2.45, 2.75) is 13.5 Å². The maximum Gasteiger partial charge on any atom is 0.387 e. The van der Waals surface area contributed by atoms with Crippen LogP contribution in [0, 0.1) is 12.7 Å². The highest BCUT2D eigenvalue weighted by Gasteiger charge is 2.20. The minimum atomic E-state index is -2.96. The molecule has 0 aliphatic carbocycles. The molecule has 1 N–H and O–H groups in total. The molecule has 30 heavy (non-hydrogen) atoms. The molecular weight excluding hydrogens is 413 g/mol. The fraction of sp³-hybridized carbons (Fsp3) is 0.0909. The van der Waals surface area contributed by atoms with Crippen LogP contribution in [-0.2, 0) is 0 Å². The van der Waals surface area contributed by atoms with Crippen molar-refractivity contribution in [3.8, 4) is 5.75 Å². The minimum Gasteiger partial charge on any atom is -0.867 e. The lowest BCUT2D eigenvalue weighted by atomic mass is 10.1. The third-order valence-electron chi connectivity index (χ3n) is 4.10. The summed E-state index contributed by atoms with van der Waals surface area (Å²) in [6, 6.07) is 14.8. The van der Waals surface area contributed by atoms with E-state index in [1.54, 1.807) is 24.5 Å². The van der Waals surface area contributed by atoms with Crippen molar-refractivity contribution in [1.82, 2.24) is 0 Å². The van der Waals surface area contributed by atoms with E-state index in [1.807, 2.05) is 13.0 Å². The van der Waals surface area contributed by atoms with Crippen LogP contribution in [0.15, 0.2) is 73.1 Å². The van der Waals surface area contributed by atoms with Crippen molar-refractivity contribution in [2.24, 2.45) is 0 Å². The largest absolute Gasteiger partial charge is 0.867 e. The maximum absolute atomic E-state index is 14.1. The number of hydrogen-bond donors (Lipinski definition) is 1. The molecule has 1 heterocycles. The highest BCUT2D eigenvalue weighted by molar-refractivity contribution is 7.81. The van der Waals surface area contributed by atoms with E-state index in [-0.39, 0.29) is 27.7 Å². The quantitative estimate of drug-likeness (QED) is 0.276. The third-order valence-corrected chi connectivity index (χ3v) is 4.40. The fourth-order valence-corrected chi connectivity index (χ4v) is 3.05. The Kier molecular flexibility index (Phi) is 6.68. The van der Waals surface area contributed by atoms with E-state index in [4.69, 9.17) is 12.2 Å². The molecule has 0 aliphatic rings. The summed E-state index contributed by atoms with van der Waals surface area (Å²) in [6.07, 6.45) is 3.35. The molecule has 0 amide bonds. The zero-order chi connectivity index (χ0) is 21.7. The summed E-state index contributed by atoms with van der Waals surface area (Å²) in [5.41, 5.74) is 1.29. The predicted molar refractivity (Wildman–Crippen MR) is 110 cm³/mol. The molecule has 0 atom stereocenters. The second-order valence-corrected chi connectivity index (χ2v) is 6.71. The van der Waals surface area contributed by atoms with Crippen LogP contribution in [0.2, 0.25) is 0 Å². The van der Waals surface area contributed by atoms with E-state index in [1.165, 1.54) is 47.0 Å². The van der Waals surface area contributed by atoms with Gasteiger partial charge in [-0.15, -0.1) is 0 Å². The summed E-state index contributed by atoms with van der Waals surface area (Å²) in [4.78, 5) is 0.00797. The number of nitrogens with one attached hydrogen (secondary N) is 1. The monoisotopic (exact) mass is 430 g/mol. The Morgan fingerprint density at radius 2 is 1.77 bits per heavy atom. The molecule has 0 saturated heterocycles. The van der Waals surface area contributed by atoms with Crippen LogP contribution in [-0.4, -0.2) is 11.6 Å². The van der Waals surface area contributed by atoms with E-state index < -0.39 is 18.2 Å². The number of benzene rings is 2. The SMILES string of the molecule is Cc1ccc[n+](C(C(=S)Nc2ccccc2F)=C([O-])c2ccc(OC(F)F)cc2)c1. The average molecular weight is 430 g/mol. The summed E-state index contributed by atoms with van der Waals surface area (Å²) in [7, 11) is 0. The lowest BCUT2D eigenvalue weighted by molar-refractivity contribution is -0.578. The zero-order valence-corrected chi connectivity index (χ0v) is 16.6. The summed E-state index contributed by atoms with van der Waals surface area (Å²) in [5.74, 6) is -1.06. The number of anilines is 1. The van der Waals surface area contributed by atoms with Crippen molar-refractivity contribution in [1.29, 1.82) is 0 Å². The number of halogens is 3. The van der Waals surface area contributed by atoms with Crippen LogP contribution in [0.4, 0.5) is 18.9 Å². The van der Waals surface area contributed by atoms with Crippen molar-refractivity contribution >= 4 is 34.3 Å².